The first-order chi connectivity index (χ1) is 8.08. The summed E-state index contributed by atoms with van der Waals surface area (Å²) < 4.78 is 28.5. The zero-order valence-electron chi connectivity index (χ0n) is 8.78. The third kappa shape index (κ3) is 2.76. The number of hydrogen-bond acceptors (Lipinski definition) is 4. The summed E-state index contributed by atoms with van der Waals surface area (Å²) in [5.41, 5.74) is 0. The van der Waals surface area contributed by atoms with Crippen LogP contribution in [-0.2, 0) is 10.1 Å². The van der Waals surface area contributed by atoms with E-state index in [1.54, 1.807) is 18.2 Å². The minimum Gasteiger partial charge on any atom is -0.508 e. The Morgan fingerprint density at radius 1 is 0.882 bits per heavy atom. The molecule has 88 valence electrons. The molecule has 0 aliphatic carbocycles. The van der Waals surface area contributed by atoms with E-state index in [9.17, 15) is 8.42 Å². The third-order valence-electron chi connectivity index (χ3n) is 2.07. The van der Waals surface area contributed by atoms with E-state index in [1.165, 1.54) is 36.4 Å². The van der Waals surface area contributed by atoms with E-state index < -0.39 is 10.1 Å². The highest BCUT2D eigenvalue weighted by Gasteiger charge is 2.15. The molecular formula is C12H10O4S. The molecule has 0 heterocycles. The third-order valence-corrected chi connectivity index (χ3v) is 3.34. The van der Waals surface area contributed by atoms with Gasteiger partial charge >= 0.3 is 10.1 Å². The monoisotopic (exact) mass is 250 g/mol. The van der Waals surface area contributed by atoms with Crippen LogP contribution >= 0.6 is 0 Å². The number of rotatable bonds is 3. The van der Waals surface area contributed by atoms with Crippen molar-refractivity contribution in [1.29, 1.82) is 0 Å². The van der Waals surface area contributed by atoms with Gasteiger partial charge < -0.3 is 9.29 Å². The molecule has 5 heteroatoms. The van der Waals surface area contributed by atoms with Crippen LogP contribution in [0.3, 0.4) is 0 Å². The van der Waals surface area contributed by atoms with Crippen molar-refractivity contribution in [2.45, 2.75) is 4.90 Å². The van der Waals surface area contributed by atoms with Crippen LogP contribution in [0.2, 0.25) is 0 Å². The first-order valence-corrected chi connectivity index (χ1v) is 6.27. The summed E-state index contributed by atoms with van der Waals surface area (Å²) in [6, 6.07) is 13.3. The Balaban J connectivity index is 2.27. The fourth-order valence-electron chi connectivity index (χ4n) is 1.26. The van der Waals surface area contributed by atoms with Crippen LogP contribution in [0.5, 0.6) is 11.5 Å². The van der Waals surface area contributed by atoms with Gasteiger partial charge in [0.2, 0.25) is 0 Å². The summed E-state index contributed by atoms with van der Waals surface area (Å²) in [6.45, 7) is 0. The van der Waals surface area contributed by atoms with Crippen LogP contribution in [0.25, 0.3) is 0 Å². The summed E-state index contributed by atoms with van der Waals surface area (Å²) >= 11 is 0. The Morgan fingerprint density at radius 2 is 1.47 bits per heavy atom. The SMILES string of the molecule is O=S(=O)(Oc1ccc(O)cc1)c1ccccc1. The standard InChI is InChI=1S/C12H10O4S/c13-10-6-8-11(9-7-10)16-17(14,15)12-4-2-1-3-5-12/h1-9,13H. The first-order valence-electron chi connectivity index (χ1n) is 4.86. The second-order valence-electron chi connectivity index (χ2n) is 3.34. The lowest BCUT2D eigenvalue weighted by Gasteiger charge is -2.06. The minimum absolute atomic E-state index is 0.0504. The fourth-order valence-corrected chi connectivity index (χ4v) is 2.21. The molecule has 17 heavy (non-hydrogen) atoms. The van der Waals surface area contributed by atoms with Crippen molar-refractivity contribution in [3.05, 3.63) is 54.6 Å². The number of benzene rings is 2. The summed E-state index contributed by atoms with van der Waals surface area (Å²) in [6.07, 6.45) is 0. The molecule has 1 N–H and O–H groups in total. The van der Waals surface area contributed by atoms with Crippen LogP contribution in [0, 0.1) is 0 Å². The highest BCUT2D eigenvalue weighted by molar-refractivity contribution is 7.87. The lowest BCUT2D eigenvalue weighted by molar-refractivity contribution is 0.468. The maximum Gasteiger partial charge on any atom is 0.339 e. The Kier molecular flexibility index (Phi) is 3.01. The lowest BCUT2D eigenvalue weighted by atomic mass is 10.3. The topological polar surface area (TPSA) is 63.6 Å². The van der Waals surface area contributed by atoms with Crippen molar-refractivity contribution in [1.82, 2.24) is 0 Å². The van der Waals surface area contributed by atoms with Crippen LogP contribution in [0.15, 0.2) is 59.5 Å². The molecule has 0 bridgehead atoms. The average Bonchev–Trinajstić information content (AvgIpc) is 2.33. The molecule has 0 fully saturated rings. The van der Waals surface area contributed by atoms with Crippen LogP contribution in [-0.4, -0.2) is 13.5 Å². The summed E-state index contributed by atoms with van der Waals surface area (Å²) in [7, 11) is -3.81. The Hall–Kier alpha value is -2.01. The second-order valence-corrected chi connectivity index (χ2v) is 4.89. The molecule has 0 radical (unpaired) electrons. The zero-order chi connectivity index (χ0) is 12.3. The molecule has 2 aromatic rings. The van der Waals surface area contributed by atoms with E-state index in [-0.39, 0.29) is 16.4 Å². The van der Waals surface area contributed by atoms with Gasteiger partial charge in [-0.05, 0) is 36.4 Å². The Labute approximate surface area is 99.2 Å². The average molecular weight is 250 g/mol. The molecule has 0 aliphatic rings. The maximum absolute atomic E-state index is 11.8. The predicted molar refractivity (Wildman–Crippen MR) is 62.4 cm³/mol. The Bertz CT molecular complexity index is 588. The van der Waals surface area contributed by atoms with E-state index in [2.05, 4.69) is 0 Å². The van der Waals surface area contributed by atoms with Gasteiger partial charge in [0.05, 0.1) is 0 Å². The van der Waals surface area contributed by atoms with E-state index in [0.717, 1.165) is 0 Å². The predicted octanol–water partition coefficient (Wildman–Crippen LogP) is 2.16. The number of hydrogen-bond donors (Lipinski definition) is 1. The van der Waals surface area contributed by atoms with Crippen molar-refractivity contribution >= 4 is 10.1 Å². The van der Waals surface area contributed by atoms with Crippen LogP contribution in [0.4, 0.5) is 0 Å². The summed E-state index contributed by atoms with van der Waals surface area (Å²) in [5, 5.41) is 9.07. The highest BCUT2D eigenvalue weighted by Crippen LogP contribution is 2.20. The van der Waals surface area contributed by atoms with Gasteiger partial charge in [-0.25, -0.2) is 0 Å². The maximum atomic E-state index is 11.8. The molecular weight excluding hydrogens is 240 g/mol. The van der Waals surface area contributed by atoms with E-state index in [4.69, 9.17) is 9.29 Å². The quantitative estimate of drug-likeness (QED) is 0.848. The summed E-state index contributed by atoms with van der Waals surface area (Å²) in [5.74, 6) is 0.209. The van der Waals surface area contributed by atoms with Crippen molar-refractivity contribution < 1.29 is 17.7 Å². The fraction of sp³-hybridized carbons (Fsp3) is 0. The van der Waals surface area contributed by atoms with Gasteiger partial charge in [0.25, 0.3) is 0 Å². The van der Waals surface area contributed by atoms with Gasteiger partial charge in [-0.3, -0.25) is 0 Å². The van der Waals surface area contributed by atoms with Gasteiger partial charge in [-0.15, -0.1) is 0 Å². The van der Waals surface area contributed by atoms with Gasteiger partial charge in [0, 0.05) is 0 Å². The van der Waals surface area contributed by atoms with Crippen molar-refractivity contribution in [3.8, 4) is 11.5 Å². The number of phenols is 1. The lowest BCUT2D eigenvalue weighted by Crippen LogP contribution is -2.09. The molecule has 0 aromatic heterocycles. The molecule has 0 atom stereocenters. The van der Waals surface area contributed by atoms with Gasteiger partial charge in [0.1, 0.15) is 16.4 Å². The van der Waals surface area contributed by atoms with Crippen molar-refractivity contribution in [3.63, 3.8) is 0 Å². The highest BCUT2D eigenvalue weighted by atomic mass is 32.2. The van der Waals surface area contributed by atoms with Crippen molar-refractivity contribution in [2.75, 3.05) is 0 Å². The van der Waals surface area contributed by atoms with E-state index >= 15 is 0 Å². The smallest absolute Gasteiger partial charge is 0.339 e. The molecule has 2 aromatic carbocycles. The first kappa shape index (κ1) is 11.5. The molecule has 2 rings (SSSR count). The van der Waals surface area contributed by atoms with E-state index in [0.29, 0.717) is 0 Å². The molecule has 0 amide bonds. The normalized spacial score (nSPS) is 11.1. The second kappa shape index (κ2) is 4.47. The van der Waals surface area contributed by atoms with Gasteiger partial charge in [-0.1, -0.05) is 18.2 Å². The summed E-state index contributed by atoms with van der Waals surface area (Å²) in [4.78, 5) is 0.0908. The Morgan fingerprint density at radius 3 is 2.06 bits per heavy atom. The van der Waals surface area contributed by atoms with Gasteiger partial charge in [-0.2, -0.15) is 8.42 Å². The number of phenolic OH excluding ortho intramolecular Hbond substituents is 1. The number of aromatic hydroxyl groups is 1. The van der Waals surface area contributed by atoms with E-state index in [1.807, 2.05) is 0 Å². The molecule has 0 aliphatic heterocycles. The van der Waals surface area contributed by atoms with Crippen molar-refractivity contribution in [2.24, 2.45) is 0 Å². The molecule has 0 saturated heterocycles. The minimum atomic E-state index is -3.81. The van der Waals surface area contributed by atoms with Gasteiger partial charge in [0.15, 0.2) is 0 Å². The molecule has 0 spiro atoms. The largest absolute Gasteiger partial charge is 0.508 e. The van der Waals surface area contributed by atoms with Crippen LogP contribution < -0.4 is 4.18 Å². The molecule has 0 unspecified atom stereocenters. The zero-order valence-corrected chi connectivity index (χ0v) is 9.59. The molecule has 4 nitrogen and oxygen atoms in total. The molecule has 0 saturated carbocycles. The van der Waals surface area contributed by atoms with Crippen LogP contribution in [0.1, 0.15) is 0 Å².